The maximum Gasteiger partial charge on any atom is 0.407 e. The van der Waals surface area contributed by atoms with Crippen molar-refractivity contribution >= 4 is 11.9 Å². The zero-order valence-corrected chi connectivity index (χ0v) is 12.1. The van der Waals surface area contributed by atoms with Gasteiger partial charge in [-0.2, -0.15) is 0 Å². The molecule has 1 amide bonds. The number of hydrogen-bond acceptors (Lipinski definition) is 4. The van der Waals surface area contributed by atoms with E-state index in [2.05, 4.69) is 15.6 Å². The Morgan fingerprint density at radius 1 is 1.45 bits per heavy atom. The fourth-order valence-corrected chi connectivity index (χ4v) is 1.70. The number of anilines is 1. The normalized spacial score (nSPS) is 12.1. The number of rotatable bonds is 7. The van der Waals surface area contributed by atoms with Crippen LogP contribution in [0.15, 0.2) is 18.3 Å². The van der Waals surface area contributed by atoms with Crippen LogP contribution in [-0.2, 0) is 4.74 Å². The number of halogens is 1. The third kappa shape index (κ3) is 6.36. The molecule has 6 heteroatoms. The summed E-state index contributed by atoms with van der Waals surface area (Å²) >= 11 is 0. The largest absolute Gasteiger partial charge is 0.447 e. The van der Waals surface area contributed by atoms with Gasteiger partial charge in [-0.3, -0.25) is 0 Å². The van der Waals surface area contributed by atoms with Crippen LogP contribution in [0.3, 0.4) is 0 Å². The summed E-state index contributed by atoms with van der Waals surface area (Å²) in [5.41, 5.74) is 0. The lowest BCUT2D eigenvalue weighted by atomic mass is 10.1. The molecule has 2 N–H and O–H groups in total. The van der Waals surface area contributed by atoms with Crippen molar-refractivity contribution in [2.45, 2.75) is 45.8 Å². The number of nitrogens with zero attached hydrogens (tertiary/aromatic N) is 1. The van der Waals surface area contributed by atoms with E-state index in [-0.39, 0.29) is 18.0 Å². The molecule has 0 aliphatic heterocycles. The van der Waals surface area contributed by atoms with Crippen molar-refractivity contribution in [3.63, 3.8) is 0 Å². The molecule has 0 saturated carbocycles. The predicted octanol–water partition coefficient (Wildman–Crippen LogP) is 2.94. The average molecular weight is 283 g/mol. The van der Waals surface area contributed by atoms with Gasteiger partial charge in [0, 0.05) is 12.6 Å². The van der Waals surface area contributed by atoms with Crippen molar-refractivity contribution in [3.8, 4) is 0 Å². The van der Waals surface area contributed by atoms with E-state index < -0.39 is 6.09 Å². The van der Waals surface area contributed by atoms with Gasteiger partial charge < -0.3 is 15.4 Å². The van der Waals surface area contributed by atoms with E-state index in [4.69, 9.17) is 4.74 Å². The van der Waals surface area contributed by atoms with Crippen molar-refractivity contribution in [1.82, 2.24) is 10.3 Å². The van der Waals surface area contributed by atoms with E-state index in [9.17, 15) is 9.18 Å². The molecular weight excluding hydrogens is 261 g/mol. The SMILES string of the molecule is CCCC(CNc1ccc(F)cn1)NC(=O)OC(C)C. The fraction of sp³-hybridized carbons (Fsp3) is 0.571. The highest BCUT2D eigenvalue weighted by Gasteiger charge is 2.13. The second-order valence-corrected chi connectivity index (χ2v) is 4.83. The van der Waals surface area contributed by atoms with Gasteiger partial charge in [0.2, 0.25) is 0 Å². The summed E-state index contributed by atoms with van der Waals surface area (Å²) in [7, 11) is 0. The molecule has 0 radical (unpaired) electrons. The minimum absolute atomic E-state index is 0.0573. The van der Waals surface area contributed by atoms with E-state index >= 15 is 0 Å². The molecular formula is C14H22FN3O2. The highest BCUT2D eigenvalue weighted by molar-refractivity contribution is 5.67. The topological polar surface area (TPSA) is 63.2 Å². The van der Waals surface area contributed by atoms with Gasteiger partial charge in [-0.25, -0.2) is 14.2 Å². The van der Waals surface area contributed by atoms with Crippen LogP contribution in [-0.4, -0.2) is 29.8 Å². The zero-order chi connectivity index (χ0) is 15.0. The Labute approximate surface area is 118 Å². The number of hydrogen-bond donors (Lipinski definition) is 2. The van der Waals surface area contributed by atoms with E-state index in [1.165, 1.54) is 6.07 Å². The Morgan fingerprint density at radius 3 is 2.75 bits per heavy atom. The van der Waals surface area contributed by atoms with Crippen LogP contribution in [0.2, 0.25) is 0 Å². The molecule has 20 heavy (non-hydrogen) atoms. The molecule has 0 aliphatic carbocycles. The quantitative estimate of drug-likeness (QED) is 0.807. The zero-order valence-electron chi connectivity index (χ0n) is 12.1. The lowest BCUT2D eigenvalue weighted by molar-refractivity contribution is 0.112. The van der Waals surface area contributed by atoms with Crippen molar-refractivity contribution in [1.29, 1.82) is 0 Å². The second-order valence-electron chi connectivity index (χ2n) is 4.83. The summed E-state index contributed by atoms with van der Waals surface area (Å²) in [5, 5.41) is 5.87. The van der Waals surface area contributed by atoms with Crippen molar-refractivity contribution in [2.24, 2.45) is 0 Å². The summed E-state index contributed by atoms with van der Waals surface area (Å²) in [4.78, 5) is 15.5. The fourth-order valence-electron chi connectivity index (χ4n) is 1.70. The molecule has 5 nitrogen and oxygen atoms in total. The Kier molecular flexibility index (Phi) is 6.76. The number of aromatic nitrogens is 1. The van der Waals surface area contributed by atoms with Crippen molar-refractivity contribution < 1.29 is 13.9 Å². The molecule has 1 aromatic rings. The monoisotopic (exact) mass is 283 g/mol. The summed E-state index contributed by atoms with van der Waals surface area (Å²) in [5.74, 6) is 0.200. The Bertz CT molecular complexity index is 409. The van der Waals surface area contributed by atoms with Crippen molar-refractivity contribution in [3.05, 3.63) is 24.1 Å². The van der Waals surface area contributed by atoms with Crippen LogP contribution in [0.25, 0.3) is 0 Å². The third-order valence-corrected chi connectivity index (χ3v) is 2.56. The lowest BCUT2D eigenvalue weighted by Crippen LogP contribution is -2.40. The van der Waals surface area contributed by atoms with Gasteiger partial charge in [0.1, 0.15) is 11.6 Å². The number of amides is 1. The minimum Gasteiger partial charge on any atom is -0.447 e. The van der Waals surface area contributed by atoms with Gasteiger partial charge in [0.25, 0.3) is 0 Å². The summed E-state index contributed by atoms with van der Waals surface area (Å²) in [6.45, 7) is 6.16. The second kappa shape index (κ2) is 8.35. The standard InChI is InChI=1S/C14H22FN3O2/c1-4-5-12(18-14(19)20-10(2)3)9-17-13-7-6-11(15)8-16-13/h6-8,10,12H,4-5,9H2,1-3H3,(H,16,17)(H,18,19). The average Bonchev–Trinajstić information content (AvgIpc) is 2.37. The maximum atomic E-state index is 12.7. The van der Waals surface area contributed by atoms with Crippen LogP contribution < -0.4 is 10.6 Å². The first-order chi connectivity index (χ1) is 9.51. The van der Waals surface area contributed by atoms with E-state index in [0.717, 1.165) is 19.0 Å². The van der Waals surface area contributed by atoms with Gasteiger partial charge in [-0.1, -0.05) is 13.3 Å². The van der Waals surface area contributed by atoms with Gasteiger partial charge >= 0.3 is 6.09 Å². The van der Waals surface area contributed by atoms with Crippen LogP contribution >= 0.6 is 0 Å². The summed E-state index contributed by atoms with van der Waals surface area (Å²) in [6.07, 6.45) is 2.33. The van der Waals surface area contributed by atoms with Gasteiger partial charge in [-0.05, 0) is 32.4 Å². The highest BCUT2D eigenvalue weighted by atomic mass is 19.1. The lowest BCUT2D eigenvalue weighted by Gasteiger charge is -2.19. The summed E-state index contributed by atoms with van der Waals surface area (Å²) in [6, 6.07) is 2.84. The highest BCUT2D eigenvalue weighted by Crippen LogP contribution is 2.05. The van der Waals surface area contributed by atoms with E-state index in [0.29, 0.717) is 12.4 Å². The molecule has 1 aromatic heterocycles. The number of carbonyl (C=O) groups excluding carboxylic acids is 1. The third-order valence-electron chi connectivity index (χ3n) is 2.56. The number of alkyl carbamates (subject to hydrolysis) is 1. The molecule has 1 unspecified atom stereocenters. The van der Waals surface area contributed by atoms with Crippen LogP contribution in [0.4, 0.5) is 15.0 Å². The molecule has 0 spiro atoms. The molecule has 1 rings (SSSR count). The Morgan fingerprint density at radius 2 is 2.20 bits per heavy atom. The predicted molar refractivity (Wildman–Crippen MR) is 76.1 cm³/mol. The molecule has 112 valence electrons. The number of ether oxygens (including phenoxy) is 1. The first-order valence-corrected chi connectivity index (χ1v) is 6.83. The first-order valence-electron chi connectivity index (χ1n) is 6.83. The molecule has 0 saturated heterocycles. The molecule has 0 fully saturated rings. The molecule has 0 bridgehead atoms. The Hall–Kier alpha value is -1.85. The smallest absolute Gasteiger partial charge is 0.407 e. The van der Waals surface area contributed by atoms with Crippen LogP contribution in [0, 0.1) is 5.82 Å². The number of nitrogens with one attached hydrogen (secondary N) is 2. The molecule has 1 atom stereocenters. The molecule has 0 aromatic carbocycles. The summed E-state index contributed by atoms with van der Waals surface area (Å²) < 4.78 is 17.8. The Balaban J connectivity index is 2.45. The maximum absolute atomic E-state index is 12.7. The van der Waals surface area contributed by atoms with E-state index in [1.54, 1.807) is 19.9 Å². The van der Waals surface area contributed by atoms with Gasteiger partial charge in [-0.15, -0.1) is 0 Å². The van der Waals surface area contributed by atoms with Gasteiger partial charge in [0.05, 0.1) is 12.3 Å². The molecule has 1 heterocycles. The van der Waals surface area contributed by atoms with Crippen LogP contribution in [0.5, 0.6) is 0 Å². The molecule has 0 aliphatic rings. The first kappa shape index (κ1) is 16.2. The minimum atomic E-state index is -0.424. The number of carbonyl (C=O) groups is 1. The van der Waals surface area contributed by atoms with E-state index in [1.807, 2.05) is 6.92 Å². The van der Waals surface area contributed by atoms with Gasteiger partial charge in [0.15, 0.2) is 0 Å². The van der Waals surface area contributed by atoms with Crippen molar-refractivity contribution in [2.75, 3.05) is 11.9 Å². The number of pyridine rings is 1. The van der Waals surface area contributed by atoms with Crippen LogP contribution in [0.1, 0.15) is 33.6 Å².